The second-order valence-electron chi connectivity index (χ2n) is 10.5. The highest BCUT2D eigenvalue weighted by Gasteiger charge is 2.28. The van der Waals surface area contributed by atoms with Gasteiger partial charge in [0.2, 0.25) is 5.91 Å². The number of hydrogen-bond donors (Lipinski definition) is 0. The predicted octanol–water partition coefficient (Wildman–Crippen LogP) is 4.12. The van der Waals surface area contributed by atoms with Crippen molar-refractivity contribution < 1.29 is 14.3 Å². The lowest BCUT2D eigenvalue weighted by Gasteiger charge is -2.29. The Bertz CT molecular complexity index is 1270. The van der Waals surface area contributed by atoms with E-state index in [-0.39, 0.29) is 24.5 Å². The summed E-state index contributed by atoms with van der Waals surface area (Å²) in [5, 5.41) is 8.94. The van der Waals surface area contributed by atoms with Crippen LogP contribution in [0.4, 0.5) is 5.82 Å². The second kappa shape index (κ2) is 12.4. The van der Waals surface area contributed by atoms with E-state index in [2.05, 4.69) is 46.3 Å². The minimum absolute atomic E-state index is 0.0214. The van der Waals surface area contributed by atoms with E-state index >= 15 is 0 Å². The van der Waals surface area contributed by atoms with Crippen LogP contribution in [0.5, 0.6) is 0 Å². The molecule has 3 aromatic rings. The van der Waals surface area contributed by atoms with Crippen LogP contribution < -0.4 is 4.90 Å². The molecular weight excluding hydrogens is 490 g/mol. The average molecular weight is 528 g/mol. The number of ether oxygens (including phenoxy) is 1. The molecular formula is C31H37N5O3. The monoisotopic (exact) mass is 527 g/mol. The smallest absolute Gasteiger partial charge is 0.254 e. The molecule has 2 aromatic carbocycles. The summed E-state index contributed by atoms with van der Waals surface area (Å²) in [5.74, 6) is 0.671. The second-order valence-corrected chi connectivity index (χ2v) is 10.5. The van der Waals surface area contributed by atoms with Crippen LogP contribution in [0.3, 0.4) is 0 Å². The lowest BCUT2D eigenvalue weighted by atomic mass is 10.1. The summed E-state index contributed by atoms with van der Waals surface area (Å²) >= 11 is 0. The van der Waals surface area contributed by atoms with Gasteiger partial charge in [0.05, 0.1) is 11.8 Å². The van der Waals surface area contributed by atoms with Crippen LogP contribution in [-0.4, -0.2) is 83.8 Å². The minimum atomic E-state index is -0.114. The van der Waals surface area contributed by atoms with Crippen LogP contribution in [0, 0.1) is 13.8 Å². The molecule has 39 heavy (non-hydrogen) atoms. The SMILES string of the molecule is Cc1ccc(-c2ccc(N3CCCN(C(=O)CN(CC4CCCO4)C(=O)c4ccccc4C)CC3)nn2)cc1. The van der Waals surface area contributed by atoms with Crippen molar-refractivity contribution >= 4 is 17.6 Å². The van der Waals surface area contributed by atoms with Crippen LogP contribution in [0.1, 0.15) is 40.7 Å². The van der Waals surface area contributed by atoms with Crippen LogP contribution in [0.2, 0.25) is 0 Å². The molecule has 1 aromatic heterocycles. The predicted molar refractivity (Wildman–Crippen MR) is 152 cm³/mol. The molecule has 0 N–H and O–H groups in total. The molecule has 0 spiro atoms. The van der Waals surface area contributed by atoms with Crippen molar-refractivity contribution in [2.24, 2.45) is 0 Å². The number of benzene rings is 2. The Hall–Kier alpha value is -3.78. The van der Waals surface area contributed by atoms with Crippen LogP contribution in [0.25, 0.3) is 11.3 Å². The largest absolute Gasteiger partial charge is 0.376 e. The molecule has 2 fully saturated rings. The topological polar surface area (TPSA) is 78.9 Å². The summed E-state index contributed by atoms with van der Waals surface area (Å²) in [5.41, 5.74) is 4.64. The molecule has 0 aliphatic carbocycles. The van der Waals surface area contributed by atoms with E-state index in [0.717, 1.165) is 48.4 Å². The lowest BCUT2D eigenvalue weighted by molar-refractivity contribution is -0.132. The van der Waals surface area contributed by atoms with Gasteiger partial charge in [-0.15, -0.1) is 10.2 Å². The van der Waals surface area contributed by atoms with Crippen LogP contribution in [0.15, 0.2) is 60.7 Å². The number of carbonyl (C=O) groups excluding carboxylic acids is 2. The number of rotatable bonds is 7. The van der Waals surface area contributed by atoms with E-state index in [9.17, 15) is 9.59 Å². The van der Waals surface area contributed by atoms with Gasteiger partial charge in [0.25, 0.3) is 5.91 Å². The van der Waals surface area contributed by atoms with Crippen molar-refractivity contribution in [2.45, 2.75) is 39.2 Å². The molecule has 5 rings (SSSR count). The highest BCUT2D eigenvalue weighted by molar-refractivity contribution is 5.97. The third-order valence-corrected chi connectivity index (χ3v) is 7.61. The molecule has 2 aliphatic heterocycles. The summed E-state index contributed by atoms with van der Waals surface area (Å²) in [7, 11) is 0. The number of anilines is 1. The van der Waals surface area contributed by atoms with Crippen molar-refractivity contribution in [3.63, 3.8) is 0 Å². The molecule has 8 nitrogen and oxygen atoms in total. The molecule has 0 saturated carbocycles. The zero-order valence-electron chi connectivity index (χ0n) is 22.9. The van der Waals surface area contributed by atoms with Crippen LogP contribution >= 0.6 is 0 Å². The van der Waals surface area contributed by atoms with Gasteiger partial charge >= 0.3 is 0 Å². The maximum absolute atomic E-state index is 13.5. The summed E-state index contributed by atoms with van der Waals surface area (Å²) in [4.78, 5) is 32.7. The third-order valence-electron chi connectivity index (χ3n) is 7.61. The van der Waals surface area contributed by atoms with Crippen molar-refractivity contribution in [2.75, 3.05) is 50.8 Å². The summed E-state index contributed by atoms with van der Waals surface area (Å²) in [6.45, 7) is 7.88. The van der Waals surface area contributed by atoms with Gasteiger partial charge < -0.3 is 19.4 Å². The summed E-state index contributed by atoms with van der Waals surface area (Å²) < 4.78 is 5.81. The maximum atomic E-state index is 13.5. The van der Waals surface area contributed by atoms with E-state index in [1.165, 1.54) is 5.56 Å². The van der Waals surface area contributed by atoms with Gasteiger partial charge in [-0.25, -0.2) is 0 Å². The summed E-state index contributed by atoms with van der Waals surface area (Å²) in [6, 6.07) is 19.8. The fourth-order valence-corrected chi connectivity index (χ4v) is 5.27. The number of aromatic nitrogens is 2. The Morgan fingerprint density at radius 3 is 2.46 bits per heavy atom. The quantitative estimate of drug-likeness (QED) is 0.460. The van der Waals surface area contributed by atoms with Gasteiger partial charge in [-0.1, -0.05) is 48.0 Å². The van der Waals surface area contributed by atoms with Crippen LogP contribution in [-0.2, 0) is 9.53 Å². The molecule has 0 bridgehead atoms. The van der Waals surface area contributed by atoms with Crippen molar-refractivity contribution in [1.82, 2.24) is 20.0 Å². The van der Waals surface area contributed by atoms with Gasteiger partial charge in [0, 0.05) is 50.5 Å². The van der Waals surface area contributed by atoms with Gasteiger partial charge in [-0.05, 0) is 56.9 Å². The highest BCUT2D eigenvalue weighted by atomic mass is 16.5. The molecule has 3 heterocycles. The fourth-order valence-electron chi connectivity index (χ4n) is 5.27. The van der Waals surface area contributed by atoms with E-state index in [4.69, 9.17) is 4.74 Å². The first kappa shape index (κ1) is 26.8. The molecule has 2 amide bonds. The molecule has 1 unspecified atom stereocenters. The first-order valence-corrected chi connectivity index (χ1v) is 13.9. The van der Waals surface area contributed by atoms with E-state index in [1.54, 1.807) is 4.90 Å². The highest BCUT2D eigenvalue weighted by Crippen LogP contribution is 2.21. The number of nitrogens with zero attached hydrogens (tertiary/aromatic N) is 5. The lowest BCUT2D eigenvalue weighted by Crippen LogP contribution is -2.46. The number of amides is 2. The molecule has 1 atom stereocenters. The fraction of sp³-hybridized carbons (Fsp3) is 0.419. The maximum Gasteiger partial charge on any atom is 0.254 e. The molecule has 2 saturated heterocycles. The number of aryl methyl sites for hydroxylation is 2. The normalized spacial score (nSPS) is 17.6. The third kappa shape index (κ3) is 6.63. The number of carbonyl (C=O) groups is 2. The van der Waals surface area contributed by atoms with Crippen molar-refractivity contribution in [3.05, 3.63) is 77.4 Å². The van der Waals surface area contributed by atoms with Gasteiger partial charge in [-0.3, -0.25) is 9.59 Å². The van der Waals surface area contributed by atoms with Crippen molar-refractivity contribution in [1.29, 1.82) is 0 Å². The van der Waals surface area contributed by atoms with Gasteiger partial charge in [0.1, 0.15) is 6.54 Å². The molecule has 204 valence electrons. The Labute approximate surface area is 230 Å². The summed E-state index contributed by atoms with van der Waals surface area (Å²) in [6.07, 6.45) is 2.70. The van der Waals surface area contributed by atoms with Crippen molar-refractivity contribution in [3.8, 4) is 11.3 Å². The zero-order valence-corrected chi connectivity index (χ0v) is 22.9. The van der Waals surface area contributed by atoms with Gasteiger partial charge in [0.15, 0.2) is 5.82 Å². The standard InChI is InChI=1S/C31H37N5O3/c1-23-10-12-25(13-11-23)28-14-15-29(33-32-28)34-16-6-17-35(19-18-34)30(37)22-36(21-26-8-5-20-39-26)31(38)27-9-4-3-7-24(27)2/h3-4,7,9-15,26H,5-6,8,16-22H2,1-2H3. The van der Waals surface area contributed by atoms with E-state index in [0.29, 0.717) is 38.3 Å². The number of hydrogen-bond acceptors (Lipinski definition) is 6. The zero-order chi connectivity index (χ0) is 27.2. The van der Waals surface area contributed by atoms with E-state index < -0.39 is 0 Å². The molecule has 0 radical (unpaired) electrons. The first-order chi connectivity index (χ1) is 19.0. The van der Waals surface area contributed by atoms with Gasteiger partial charge in [-0.2, -0.15) is 0 Å². The Morgan fingerprint density at radius 2 is 1.74 bits per heavy atom. The van der Waals surface area contributed by atoms with E-state index in [1.807, 2.05) is 48.2 Å². The Morgan fingerprint density at radius 1 is 0.923 bits per heavy atom. The molecule has 2 aliphatic rings. The first-order valence-electron chi connectivity index (χ1n) is 13.9. The Kier molecular flexibility index (Phi) is 8.51. The molecule has 8 heteroatoms. The Balaban J connectivity index is 1.22. The minimum Gasteiger partial charge on any atom is -0.376 e. The average Bonchev–Trinajstić information content (AvgIpc) is 3.34.